The molecule has 3 aliphatic rings. The molecule has 0 heterocycles. The van der Waals surface area contributed by atoms with Gasteiger partial charge in [-0.3, -0.25) is 9.59 Å². The molecule has 3 aliphatic carbocycles. The number of nitrogens with one attached hydrogen (secondary N) is 1. The second-order valence-electron chi connectivity index (χ2n) is 6.86. The number of carbonyl (C=O) groups is 2. The Labute approximate surface area is 119 Å². The normalized spacial score (nSPS) is 43.5. The van der Waals surface area contributed by atoms with Crippen LogP contribution in [0, 0.1) is 23.7 Å². The van der Waals surface area contributed by atoms with Crippen LogP contribution in [0.25, 0.3) is 0 Å². The van der Waals surface area contributed by atoms with Crippen molar-refractivity contribution in [3.8, 4) is 0 Å². The maximum absolute atomic E-state index is 12.4. The minimum absolute atomic E-state index is 0.0210. The number of hydrogen-bond donors (Lipinski definition) is 3. The maximum atomic E-state index is 12.4. The molecular weight excluding hydrogens is 256 g/mol. The van der Waals surface area contributed by atoms with Crippen molar-refractivity contribution in [2.24, 2.45) is 29.4 Å². The van der Waals surface area contributed by atoms with E-state index < -0.39 is 5.97 Å². The van der Waals surface area contributed by atoms with E-state index in [-0.39, 0.29) is 35.7 Å². The van der Waals surface area contributed by atoms with E-state index in [1.54, 1.807) is 0 Å². The summed E-state index contributed by atoms with van der Waals surface area (Å²) in [5.41, 5.74) is 5.93. The van der Waals surface area contributed by atoms with Crippen LogP contribution in [0.3, 0.4) is 0 Å². The monoisotopic (exact) mass is 280 g/mol. The summed E-state index contributed by atoms with van der Waals surface area (Å²) in [6.45, 7) is 0. The van der Waals surface area contributed by atoms with Crippen molar-refractivity contribution in [1.82, 2.24) is 5.32 Å². The van der Waals surface area contributed by atoms with E-state index in [4.69, 9.17) is 5.73 Å². The number of fused-ring (bicyclic) bond motifs is 2. The van der Waals surface area contributed by atoms with Crippen molar-refractivity contribution in [2.45, 2.75) is 57.0 Å². The molecule has 0 aromatic rings. The summed E-state index contributed by atoms with van der Waals surface area (Å²) in [4.78, 5) is 23.8. The first-order valence-corrected chi connectivity index (χ1v) is 7.85. The van der Waals surface area contributed by atoms with Crippen molar-refractivity contribution in [3.05, 3.63) is 0 Å². The van der Waals surface area contributed by atoms with Crippen LogP contribution in [-0.4, -0.2) is 29.1 Å². The number of rotatable bonds is 3. The number of nitrogens with two attached hydrogens (primary N) is 1. The quantitative estimate of drug-likeness (QED) is 0.722. The molecule has 3 saturated carbocycles. The van der Waals surface area contributed by atoms with E-state index in [9.17, 15) is 14.7 Å². The molecule has 6 atom stereocenters. The topological polar surface area (TPSA) is 92.4 Å². The third-order valence-electron chi connectivity index (χ3n) is 5.60. The van der Waals surface area contributed by atoms with Gasteiger partial charge in [-0.2, -0.15) is 0 Å². The van der Waals surface area contributed by atoms with Crippen molar-refractivity contribution >= 4 is 11.9 Å². The highest BCUT2D eigenvalue weighted by Gasteiger charge is 2.51. The lowest BCUT2D eigenvalue weighted by molar-refractivity contribution is -0.145. The minimum Gasteiger partial charge on any atom is -0.481 e. The molecule has 0 aromatic heterocycles. The second kappa shape index (κ2) is 5.35. The van der Waals surface area contributed by atoms with Gasteiger partial charge in [0.1, 0.15) is 0 Å². The number of hydrogen-bond acceptors (Lipinski definition) is 3. The Morgan fingerprint density at radius 1 is 1.05 bits per heavy atom. The first-order valence-electron chi connectivity index (χ1n) is 7.85. The van der Waals surface area contributed by atoms with Gasteiger partial charge in [0.05, 0.1) is 5.92 Å². The number of carbonyl (C=O) groups excluding carboxylic acids is 1. The first-order chi connectivity index (χ1) is 9.56. The van der Waals surface area contributed by atoms with E-state index in [2.05, 4.69) is 5.32 Å². The Hall–Kier alpha value is -1.10. The zero-order chi connectivity index (χ0) is 14.3. The third kappa shape index (κ3) is 2.43. The lowest BCUT2D eigenvalue weighted by Gasteiger charge is -2.32. The molecule has 3 fully saturated rings. The SMILES string of the molecule is NC1CCCC(C(=O)NC2C3CCC(C3)C2C(=O)O)C1. The van der Waals surface area contributed by atoms with E-state index in [0.717, 1.165) is 44.9 Å². The molecule has 0 radical (unpaired) electrons. The lowest BCUT2D eigenvalue weighted by Crippen LogP contribution is -2.49. The van der Waals surface area contributed by atoms with E-state index in [1.165, 1.54) is 0 Å². The van der Waals surface area contributed by atoms with Crippen molar-refractivity contribution in [1.29, 1.82) is 0 Å². The fourth-order valence-electron chi connectivity index (χ4n) is 4.60. The molecule has 5 nitrogen and oxygen atoms in total. The lowest BCUT2D eigenvalue weighted by atomic mass is 9.82. The molecule has 6 unspecified atom stereocenters. The van der Waals surface area contributed by atoms with Gasteiger partial charge >= 0.3 is 5.97 Å². The highest BCUT2D eigenvalue weighted by atomic mass is 16.4. The van der Waals surface area contributed by atoms with Gasteiger partial charge in [-0.15, -0.1) is 0 Å². The van der Waals surface area contributed by atoms with Crippen LogP contribution in [-0.2, 0) is 9.59 Å². The van der Waals surface area contributed by atoms with Crippen LogP contribution in [0.15, 0.2) is 0 Å². The zero-order valence-corrected chi connectivity index (χ0v) is 11.8. The number of carboxylic acids is 1. The van der Waals surface area contributed by atoms with Crippen LogP contribution in [0.4, 0.5) is 0 Å². The number of amides is 1. The van der Waals surface area contributed by atoms with Crippen LogP contribution in [0.5, 0.6) is 0 Å². The van der Waals surface area contributed by atoms with Crippen LogP contribution < -0.4 is 11.1 Å². The summed E-state index contributed by atoms with van der Waals surface area (Å²) < 4.78 is 0. The van der Waals surface area contributed by atoms with Crippen LogP contribution in [0.1, 0.15) is 44.9 Å². The Balaban J connectivity index is 1.64. The van der Waals surface area contributed by atoms with Crippen molar-refractivity contribution in [3.63, 3.8) is 0 Å². The summed E-state index contributed by atoms with van der Waals surface area (Å²) in [5.74, 6) is -0.493. The van der Waals surface area contributed by atoms with Gasteiger partial charge in [0.15, 0.2) is 0 Å². The number of aliphatic carboxylic acids is 1. The summed E-state index contributed by atoms with van der Waals surface area (Å²) in [6.07, 6.45) is 6.65. The predicted molar refractivity (Wildman–Crippen MR) is 73.8 cm³/mol. The van der Waals surface area contributed by atoms with E-state index in [1.807, 2.05) is 0 Å². The van der Waals surface area contributed by atoms with Crippen molar-refractivity contribution in [2.75, 3.05) is 0 Å². The Morgan fingerprint density at radius 3 is 2.50 bits per heavy atom. The molecule has 0 spiro atoms. The summed E-state index contributed by atoms with van der Waals surface area (Å²) >= 11 is 0. The fraction of sp³-hybridized carbons (Fsp3) is 0.867. The average Bonchev–Trinajstić information content (AvgIpc) is 2.99. The van der Waals surface area contributed by atoms with Gasteiger partial charge in [-0.25, -0.2) is 0 Å². The Morgan fingerprint density at radius 2 is 1.80 bits per heavy atom. The van der Waals surface area contributed by atoms with Gasteiger partial charge in [0, 0.05) is 18.0 Å². The Kier molecular flexibility index (Phi) is 3.71. The molecule has 0 saturated heterocycles. The summed E-state index contributed by atoms with van der Waals surface area (Å²) in [7, 11) is 0. The zero-order valence-electron chi connectivity index (χ0n) is 11.8. The van der Waals surface area contributed by atoms with Crippen LogP contribution >= 0.6 is 0 Å². The molecule has 0 aromatic carbocycles. The van der Waals surface area contributed by atoms with Crippen molar-refractivity contribution < 1.29 is 14.7 Å². The fourth-order valence-corrected chi connectivity index (χ4v) is 4.60. The molecule has 3 rings (SSSR count). The molecule has 112 valence electrons. The van der Waals surface area contributed by atoms with Gasteiger partial charge in [-0.1, -0.05) is 6.42 Å². The molecule has 4 N–H and O–H groups in total. The highest BCUT2D eigenvalue weighted by Crippen LogP contribution is 2.48. The average molecular weight is 280 g/mol. The molecular formula is C15H24N2O3. The molecule has 0 aliphatic heterocycles. The molecule has 5 heteroatoms. The van der Waals surface area contributed by atoms with Gasteiger partial charge in [-0.05, 0) is 50.4 Å². The van der Waals surface area contributed by atoms with Crippen LogP contribution in [0.2, 0.25) is 0 Å². The Bertz CT molecular complexity index is 412. The van der Waals surface area contributed by atoms with Gasteiger partial charge in [0.25, 0.3) is 0 Å². The minimum atomic E-state index is -0.747. The van der Waals surface area contributed by atoms with E-state index >= 15 is 0 Å². The molecule has 1 amide bonds. The van der Waals surface area contributed by atoms with E-state index in [0.29, 0.717) is 5.92 Å². The highest BCUT2D eigenvalue weighted by molar-refractivity contribution is 5.81. The first kappa shape index (κ1) is 13.9. The second-order valence-corrected chi connectivity index (χ2v) is 6.86. The molecule has 2 bridgehead atoms. The smallest absolute Gasteiger partial charge is 0.308 e. The number of carboxylic acid groups (broad SMARTS) is 1. The standard InChI is InChI=1S/C15H24N2O3/c16-11-3-1-2-10(7-11)14(18)17-13-9-5-4-8(6-9)12(13)15(19)20/h8-13H,1-7,16H2,(H,17,18)(H,19,20). The summed E-state index contributed by atoms with van der Waals surface area (Å²) in [5, 5.41) is 12.5. The van der Waals surface area contributed by atoms with Gasteiger partial charge < -0.3 is 16.2 Å². The van der Waals surface area contributed by atoms with Gasteiger partial charge in [0.2, 0.25) is 5.91 Å². The largest absolute Gasteiger partial charge is 0.481 e. The maximum Gasteiger partial charge on any atom is 0.308 e. The predicted octanol–water partition coefficient (Wildman–Crippen LogP) is 1.12. The third-order valence-corrected chi connectivity index (χ3v) is 5.60. The molecule has 20 heavy (non-hydrogen) atoms. The summed E-state index contributed by atoms with van der Waals surface area (Å²) in [6, 6.07) is -0.0355.